The minimum absolute atomic E-state index is 0.0519. The normalized spacial score (nSPS) is 11.5. The Balaban J connectivity index is 2.17. The predicted octanol–water partition coefficient (Wildman–Crippen LogP) is 2.16. The third-order valence-corrected chi connectivity index (χ3v) is 3.30. The molecule has 124 valence electrons. The molecule has 0 unspecified atom stereocenters. The molecule has 1 amide bonds. The Morgan fingerprint density at radius 1 is 1.21 bits per heavy atom. The number of nitro groups is 1. The minimum atomic E-state index is -1.37. The van der Waals surface area contributed by atoms with E-state index < -0.39 is 28.7 Å². The molecule has 0 spiro atoms. The predicted molar refractivity (Wildman–Crippen MR) is 82.1 cm³/mol. The van der Waals surface area contributed by atoms with E-state index in [1.165, 1.54) is 36.4 Å². The van der Waals surface area contributed by atoms with Crippen LogP contribution in [0.15, 0.2) is 48.5 Å². The molecule has 2 N–H and O–H groups in total. The number of hydrogen-bond acceptors (Lipinski definition) is 4. The number of carboxylic acid groups (broad SMARTS) is 1. The number of halogens is 1. The second-order valence-corrected chi connectivity index (χ2v) is 4.97. The van der Waals surface area contributed by atoms with Crippen LogP contribution in [0.2, 0.25) is 0 Å². The maximum atomic E-state index is 13.6. The number of hydrogen-bond donors (Lipinski definition) is 2. The molecule has 0 bridgehead atoms. The maximum absolute atomic E-state index is 13.6. The van der Waals surface area contributed by atoms with Gasteiger partial charge in [0, 0.05) is 24.1 Å². The van der Waals surface area contributed by atoms with Gasteiger partial charge in [-0.2, -0.15) is 0 Å². The third kappa shape index (κ3) is 4.13. The first-order valence-electron chi connectivity index (χ1n) is 6.90. The van der Waals surface area contributed by atoms with Gasteiger partial charge in [0.05, 0.1) is 4.92 Å². The van der Waals surface area contributed by atoms with E-state index in [4.69, 9.17) is 0 Å². The highest BCUT2D eigenvalue weighted by Gasteiger charge is 2.23. The molecule has 2 rings (SSSR count). The van der Waals surface area contributed by atoms with E-state index in [0.717, 1.165) is 6.07 Å². The van der Waals surface area contributed by atoms with Gasteiger partial charge in [-0.3, -0.25) is 14.9 Å². The van der Waals surface area contributed by atoms with Crippen LogP contribution < -0.4 is 5.32 Å². The van der Waals surface area contributed by atoms with E-state index in [1.807, 2.05) is 0 Å². The van der Waals surface area contributed by atoms with Crippen molar-refractivity contribution >= 4 is 17.6 Å². The van der Waals surface area contributed by atoms with Crippen LogP contribution >= 0.6 is 0 Å². The molecule has 0 aromatic heterocycles. The van der Waals surface area contributed by atoms with Crippen molar-refractivity contribution in [2.45, 2.75) is 12.5 Å². The summed E-state index contributed by atoms with van der Waals surface area (Å²) in [5.74, 6) is -2.70. The van der Waals surface area contributed by atoms with Crippen LogP contribution in [0.4, 0.5) is 10.1 Å². The average Bonchev–Trinajstić information content (AvgIpc) is 2.56. The molecule has 0 heterocycles. The lowest BCUT2D eigenvalue weighted by molar-refractivity contribution is -0.384. The number of carbonyl (C=O) groups excluding carboxylic acids is 1. The van der Waals surface area contributed by atoms with Gasteiger partial charge in [-0.05, 0) is 17.7 Å². The summed E-state index contributed by atoms with van der Waals surface area (Å²) < 4.78 is 13.6. The number of non-ortho nitro benzene ring substituents is 1. The summed E-state index contributed by atoms with van der Waals surface area (Å²) in [7, 11) is 0. The maximum Gasteiger partial charge on any atom is 0.326 e. The number of benzene rings is 2. The number of carbonyl (C=O) groups is 2. The van der Waals surface area contributed by atoms with E-state index in [2.05, 4.69) is 5.32 Å². The van der Waals surface area contributed by atoms with Crippen molar-refractivity contribution in [3.63, 3.8) is 0 Å². The average molecular weight is 332 g/mol. The number of nitrogens with one attached hydrogen (secondary N) is 1. The summed E-state index contributed by atoms with van der Waals surface area (Å²) in [5.41, 5.74) is -0.197. The highest BCUT2D eigenvalue weighted by atomic mass is 19.1. The van der Waals surface area contributed by atoms with Crippen LogP contribution in [0.3, 0.4) is 0 Å². The number of carboxylic acids is 1. The van der Waals surface area contributed by atoms with Crippen LogP contribution in [0, 0.1) is 15.9 Å². The third-order valence-electron chi connectivity index (χ3n) is 3.30. The molecule has 1 atom stereocenters. The molecule has 0 fully saturated rings. The van der Waals surface area contributed by atoms with Crippen molar-refractivity contribution in [1.82, 2.24) is 5.32 Å². The van der Waals surface area contributed by atoms with Crippen molar-refractivity contribution in [2.75, 3.05) is 0 Å². The lowest BCUT2D eigenvalue weighted by Crippen LogP contribution is -2.42. The molecular weight excluding hydrogens is 319 g/mol. The Morgan fingerprint density at radius 3 is 2.54 bits per heavy atom. The van der Waals surface area contributed by atoms with Gasteiger partial charge < -0.3 is 10.4 Å². The summed E-state index contributed by atoms with van der Waals surface area (Å²) in [4.78, 5) is 33.5. The summed E-state index contributed by atoms with van der Waals surface area (Å²) in [6.45, 7) is 0. The van der Waals surface area contributed by atoms with Crippen LogP contribution in [0.25, 0.3) is 0 Å². The second kappa shape index (κ2) is 7.32. The Hall–Kier alpha value is -3.29. The molecule has 0 aliphatic heterocycles. The molecule has 2 aromatic rings. The van der Waals surface area contributed by atoms with Crippen molar-refractivity contribution < 1.29 is 24.0 Å². The molecule has 0 saturated heterocycles. The van der Waals surface area contributed by atoms with Gasteiger partial charge in [-0.15, -0.1) is 0 Å². The number of nitro benzene ring substituents is 1. The fraction of sp³-hybridized carbons (Fsp3) is 0.125. The minimum Gasteiger partial charge on any atom is -0.480 e. The largest absolute Gasteiger partial charge is 0.480 e. The first kappa shape index (κ1) is 17.1. The summed E-state index contributed by atoms with van der Waals surface area (Å²) in [6, 6.07) is 9.16. The number of aliphatic carboxylic acids is 1. The molecule has 0 radical (unpaired) electrons. The van der Waals surface area contributed by atoms with E-state index in [-0.39, 0.29) is 23.2 Å². The smallest absolute Gasteiger partial charge is 0.326 e. The van der Waals surface area contributed by atoms with Gasteiger partial charge in [0.2, 0.25) is 0 Å². The van der Waals surface area contributed by atoms with Gasteiger partial charge in [0.1, 0.15) is 11.9 Å². The van der Waals surface area contributed by atoms with E-state index in [0.29, 0.717) is 0 Å². The van der Waals surface area contributed by atoms with Gasteiger partial charge in [-0.25, -0.2) is 9.18 Å². The summed E-state index contributed by atoms with van der Waals surface area (Å²) in [6.07, 6.45) is -0.247. The molecule has 8 heteroatoms. The lowest BCUT2D eigenvalue weighted by atomic mass is 10.0. The number of nitrogens with zero attached hydrogens (tertiary/aromatic N) is 1. The lowest BCUT2D eigenvalue weighted by Gasteiger charge is -2.15. The number of amides is 1. The zero-order valence-electron chi connectivity index (χ0n) is 12.3. The highest BCUT2D eigenvalue weighted by Crippen LogP contribution is 2.14. The molecule has 0 aliphatic rings. The SMILES string of the molecule is O=C(N[C@@H](Cc1ccccc1F)C(=O)O)c1cccc([N+](=O)[O-])c1. The van der Waals surface area contributed by atoms with Gasteiger partial charge in [0.15, 0.2) is 0 Å². The Bertz CT molecular complexity index is 794. The monoisotopic (exact) mass is 332 g/mol. The Morgan fingerprint density at radius 2 is 1.92 bits per heavy atom. The first-order chi connectivity index (χ1) is 11.4. The second-order valence-electron chi connectivity index (χ2n) is 4.97. The zero-order valence-corrected chi connectivity index (χ0v) is 12.3. The summed E-state index contributed by atoms with van der Waals surface area (Å²) >= 11 is 0. The van der Waals surface area contributed by atoms with E-state index in [1.54, 1.807) is 6.07 Å². The van der Waals surface area contributed by atoms with Crippen LogP contribution in [-0.4, -0.2) is 27.9 Å². The quantitative estimate of drug-likeness (QED) is 0.622. The van der Waals surface area contributed by atoms with Gasteiger partial charge >= 0.3 is 5.97 Å². The molecule has 7 nitrogen and oxygen atoms in total. The van der Waals surface area contributed by atoms with E-state index >= 15 is 0 Å². The fourth-order valence-electron chi connectivity index (χ4n) is 2.09. The van der Waals surface area contributed by atoms with Crippen molar-refractivity contribution in [3.05, 3.63) is 75.6 Å². The van der Waals surface area contributed by atoms with Crippen LogP contribution in [0.5, 0.6) is 0 Å². The molecular formula is C16H13FN2O5. The Kier molecular flexibility index (Phi) is 5.20. The van der Waals surface area contributed by atoms with Crippen molar-refractivity contribution in [3.8, 4) is 0 Å². The highest BCUT2D eigenvalue weighted by molar-refractivity contribution is 5.97. The topological polar surface area (TPSA) is 110 Å². The van der Waals surface area contributed by atoms with Crippen LogP contribution in [0.1, 0.15) is 15.9 Å². The zero-order chi connectivity index (χ0) is 17.7. The summed E-state index contributed by atoms with van der Waals surface area (Å²) in [5, 5.41) is 22.2. The molecule has 0 aliphatic carbocycles. The molecule has 2 aromatic carbocycles. The fourth-order valence-corrected chi connectivity index (χ4v) is 2.09. The van der Waals surface area contributed by atoms with Crippen LogP contribution in [-0.2, 0) is 11.2 Å². The first-order valence-corrected chi connectivity index (χ1v) is 6.90. The van der Waals surface area contributed by atoms with Gasteiger partial charge in [0.25, 0.3) is 11.6 Å². The Labute approximate surface area is 135 Å². The van der Waals surface area contributed by atoms with Crippen molar-refractivity contribution in [1.29, 1.82) is 0 Å². The molecule has 0 saturated carbocycles. The number of rotatable bonds is 6. The van der Waals surface area contributed by atoms with E-state index in [9.17, 15) is 29.2 Å². The van der Waals surface area contributed by atoms with Crippen molar-refractivity contribution in [2.24, 2.45) is 0 Å². The molecule has 24 heavy (non-hydrogen) atoms. The van der Waals surface area contributed by atoms with Gasteiger partial charge in [-0.1, -0.05) is 24.3 Å². The standard InChI is InChI=1S/C16H13FN2O5/c17-13-7-2-1-4-10(13)9-14(16(21)22)18-15(20)11-5-3-6-12(8-11)19(23)24/h1-8,14H,9H2,(H,18,20)(H,21,22)/t14-/m0/s1.